The number of carbonyl (C=O) groups is 1. The number of esters is 1. The molecular formula is C20H33N5O2. The van der Waals surface area contributed by atoms with Crippen LogP contribution in [0.15, 0.2) is 29.4 Å². The molecule has 0 aromatic carbocycles. The zero-order chi connectivity index (χ0) is 19.3. The van der Waals surface area contributed by atoms with Crippen LogP contribution in [0.25, 0.3) is 0 Å². The predicted octanol–water partition coefficient (Wildman–Crippen LogP) is 2.51. The molecule has 0 amide bonds. The molecule has 1 unspecified atom stereocenters. The van der Waals surface area contributed by atoms with E-state index in [0.717, 1.165) is 63.6 Å². The summed E-state index contributed by atoms with van der Waals surface area (Å²) in [7, 11) is 0. The van der Waals surface area contributed by atoms with Crippen LogP contribution in [0.4, 0.5) is 5.82 Å². The first-order valence-corrected chi connectivity index (χ1v) is 10.1. The second-order valence-electron chi connectivity index (χ2n) is 6.62. The van der Waals surface area contributed by atoms with E-state index in [-0.39, 0.29) is 11.9 Å². The van der Waals surface area contributed by atoms with Gasteiger partial charge in [0.05, 0.1) is 12.5 Å². The number of likely N-dealkylation sites (tertiary alicyclic amines) is 1. The van der Waals surface area contributed by atoms with Crippen molar-refractivity contribution in [2.75, 3.05) is 44.6 Å². The Morgan fingerprint density at radius 3 is 3.00 bits per heavy atom. The van der Waals surface area contributed by atoms with E-state index in [1.807, 2.05) is 25.1 Å². The molecule has 150 valence electrons. The number of unbranched alkanes of at least 4 members (excludes halogenated alkanes) is 1. The summed E-state index contributed by atoms with van der Waals surface area (Å²) in [5.74, 6) is 1.68. The molecule has 27 heavy (non-hydrogen) atoms. The van der Waals surface area contributed by atoms with Gasteiger partial charge in [0.1, 0.15) is 5.82 Å². The highest BCUT2D eigenvalue weighted by Gasteiger charge is 2.28. The van der Waals surface area contributed by atoms with Crippen LogP contribution in [0.5, 0.6) is 0 Å². The summed E-state index contributed by atoms with van der Waals surface area (Å²) in [5.41, 5.74) is 0. The van der Waals surface area contributed by atoms with Gasteiger partial charge in [0.15, 0.2) is 5.96 Å². The molecule has 0 aliphatic carbocycles. The number of guanidine groups is 1. The van der Waals surface area contributed by atoms with Crippen molar-refractivity contribution in [3.63, 3.8) is 0 Å². The molecule has 1 fully saturated rings. The van der Waals surface area contributed by atoms with Gasteiger partial charge in [-0.2, -0.15) is 0 Å². The first kappa shape index (κ1) is 21.0. The summed E-state index contributed by atoms with van der Waals surface area (Å²) in [5, 5.41) is 6.67. The summed E-state index contributed by atoms with van der Waals surface area (Å²) in [6, 6.07) is 5.86. The van der Waals surface area contributed by atoms with E-state index in [4.69, 9.17) is 9.73 Å². The largest absolute Gasteiger partial charge is 0.466 e. The molecule has 0 radical (unpaired) electrons. The summed E-state index contributed by atoms with van der Waals surface area (Å²) in [6.07, 6.45) is 5.71. The van der Waals surface area contributed by atoms with Crippen molar-refractivity contribution in [1.29, 1.82) is 0 Å². The second kappa shape index (κ2) is 12.1. The van der Waals surface area contributed by atoms with Gasteiger partial charge in [-0.1, -0.05) is 6.07 Å². The Balaban J connectivity index is 1.76. The average Bonchev–Trinajstić information content (AvgIpc) is 2.71. The molecule has 2 rings (SSSR count). The highest BCUT2D eigenvalue weighted by Crippen LogP contribution is 2.18. The Bertz CT molecular complexity index is 579. The molecule has 1 aromatic rings. The Hall–Kier alpha value is -2.31. The highest BCUT2D eigenvalue weighted by atomic mass is 16.5. The van der Waals surface area contributed by atoms with Gasteiger partial charge in [-0.15, -0.1) is 0 Å². The fourth-order valence-electron chi connectivity index (χ4n) is 3.15. The number of ether oxygens (including phenoxy) is 1. The lowest BCUT2D eigenvalue weighted by molar-refractivity contribution is -0.149. The number of piperidine rings is 1. The lowest BCUT2D eigenvalue weighted by Gasteiger charge is -2.34. The van der Waals surface area contributed by atoms with Crippen LogP contribution < -0.4 is 10.6 Å². The standard InChI is InChI=1S/C20H33N5O2/c1-3-21-20(25-15-9-10-17(16-25)19(26)27-4-2)24-14-8-7-13-23-18-11-5-6-12-22-18/h5-6,11-12,17H,3-4,7-10,13-16H2,1-2H3,(H,21,24)(H,22,23). The van der Waals surface area contributed by atoms with Crippen LogP contribution in [0.1, 0.15) is 39.5 Å². The highest BCUT2D eigenvalue weighted by molar-refractivity contribution is 5.81. The average molecular weight is 376 g/mol. The molecule has 7 heteroatoms. The van der Waals surface area contributed by atoms with Gasteiger partial charge in [0.25, 0.3) is 0 Å². The normalized spacial score (nSPS) is 17.5. The number of hydrogen-bond acceptors (Lipinski definition) is 5. The monoisotopic (exact) mass is 375 g/mol. The second-order valence-corrected chi connectivity index (χ2v) is 6.62. The zero-order valence-electron chi connectivity index (χ0n) is 16.6. The predicted molar refractivity (Wildman–Crippen MR) is 109 cm³/mol. The lowest BCUT2D eigenvalue weighted by atomic mass is 9.98. The minimum absolute atomic E-state index is 0.0508. The third-order valence-corrected chi connectivity index (χ3v) is 4.49. The van der Waals surface area contributed by atoms with Crippen molar-refractivity contribution in [2.45, 2.75) is 39.5 Å². The molecule has 2 heterocycles. The van der Waals surface area contributed by atoms with Crippen molar-refractivity contribution < 1.29 is 9.53 Å². The molecular weight excluding hydrogens is 342 g/mol. The third-order valence-electron chi connectivity index (χ3n) is 4.49. The van der Waals surface area contributed by atoms with E-state index in [2.05, 4.69) is 27.4 Å². The Morgan fingerprint density at radius 1 is 1.37 bits per heavy atom. The fourth-order valence-corrected chi connectivity index (χ4v) is 3.15. The molecule has 1 aliphatic rings. The summed E-state index contributed by atoms with van der Waals surface area (Å²) >= 11 is 0. The van der Waals surface area contributed by atoms with Crippen molar-refractivity contribution in [1.82, 2.24) is 15.2 Å². The van der Waals surface area contributed by atoms with E-state index in [0.29, 0.717) is 13.2 Å². The van der Waals surface area contributed by atoms with Gasteiger partial charge in [0.2, 0.25) is 0 Å². The number of nitrogens with one attached hydrogen (secondary N) is 2. The molecule has 1 atom stereocenters. The van der Waals surface area contributed by atoms with Crippen molar-refractivity contribution >= 4 is 17.7 Å². The number of carbonyl (C=O) groups excluding carboxylic acids is 1. The Labute approximate surface area is 162 Å². The van der Waals surface area contributed by atoms with Crippen molar-refractivity contribution in [2.24, 2.45) is 10.9 Å². The molecule has 0 saturated carbocycles. The summed E-state index contributed by atoms with van der Waals surface area (Å²) in [6.45, 7) is 8.46. The molecule has 7 nitrogen and oxygen atoms in total. The van der Waals surface area contributed by atoms with Crippen LogP contribution in [0.3, 0.4) is 0 Å². The van der Waals surface area contributed by atoms with E-state index >= 15 is 0 Å². The van der Waals surface area contributed by atoms with Gasteiger partial charge >= 0.3 is 5.97 Å². The van der Waals surface area contributed by atoms with E-state index in [9.17, 15) is 4.79 Å². The Kier molecular flexibility index (Phi) is 9.44. The summed E-state index contributed by atoms with van der Waals surface area (Å²) in [4.78, 5) is 23.3. The quantitative estimate of drug-likeness (QED) is 0.299. The van der Waals surface area contributed by atoms with Gasteiger partial charge < -0.3 is 20.3 Å². The fraction of sp³-hybridized carbons (Fsp3) is 0.650. The molecule has 1 aliphatic heterocycles. The Morgan fingerprint density at radius 2 is 2.26 bits per heavy atom. The van der Waals surface area contributed by atoms with Crippen LogP contribution >= 0.6 is 0 Å². The maximum absolute atomic E-state index is 12.1. The van der Waals surface area contributed by atoms with Crippen LogP contribution in [0.2, 0.25) is 0 Å². The topological polar surface area (TPSA) is 78.9 Å². The van der Waals surface area contributed by atoms with Crippen molar-refractivity contribution in [3.8, 4) is 0 Å². The number of aromatic nitrogens is 1. The molecule has 1 aromatic heterocycles. The molecule has 2 N–H and O–H groups in total. The summed E-state index contributed by atoms with van der Waals surface area (Å²) < 4.78 is 5.19. The third kappa shape index (κ3) is 7.45. The molecule has 0 spiro atoms. The zero-order valence-corrected chi connectivity index (χ0v) is 16.6. The van der Waals surface area contributed by atoms with E-state index < -0.39 is 0 Å². The number of hydrogen-bond donors (Lipinski definition) is 2. The molecule has 1 saturated heterocycles. The maximum Gasteiger partial charge on any atom is 0.310 e. The van der Waals surface area contributed by atoms with Gasteiger partial charge in [-0.05, 0) is 51.7 Å². The van der Waals surface area contributed by atoms with Crippen LogP contribution in [-0.2, 0) is 9.53 Å². The number of aliphatic imine (C=N–C) groups is 1. The smallest absolute Gasteiger partial charge is 0.310 e. The maximum atomic E-state index is 12.1. The van der Waals surface area contributed by atoms with Gasteiger partial charge in [-0.25, -0.2) is 4.98 Å². The lowest BCUT2D eigenvalue weighted by Crippen LogP contribution is -2.48. The van der Waals surface area contributed by atoms with E-state index in [1.165, 1.54) is 0 Å². The van der Waals surface area contributed by atoms with Gasteiger partial charge in [0, 0.05) is 38.9 Å². The first-order valence-electron chi connectivity index (χ1n) is 10.1. The number of rotatable bonds is 9. The van der Waals surface area contributed by atoms with Crippen LogP contribution in [-0.4, -0.2) is 61.1 Å². The van der Waals surface area contributed by atoms with Gasteiger partial charge in [-0.3, -0.25) is 9.79 Å². The molecule has 0 bridgehead atoms. The minimum atomic E-state index is -0.0846. The minimum Gasteiger partial charge on any atom is -0.466 e. The number of nitrogens with zero attached hydrogens (tertiary/aromatic N) is 3. The SMILES string of the molecule is CCNC(=NCCCCNc1ccccn1)N1CCCC(C(=O)OCC)C1. The number of pyridine rings is 1. The van der Waals surface area contributed by atoms with E-state index in [1.54, 1.807) is 6.20 Å². The van der Waals surface area contributed by atoms with Crippen LogP contribution in [0, 0.1) is 5.92 Å². The van der Waals surface area contributed by atoms with Crippen molar-refractivity contribution in [3.05, 3.63) is 24.4 Å². The first-order chi connectivity index (χ1) is 13.2. The number of anilines is 1.